The van der Waals surface area contributed by atoms with Gasteiger partial charge in [0.25, 0.3) is 5.91 Å². The molecule has 1 aliphatic carbocycles. The third-order valence-corrected chi connectivity index (χ3v) is 3.53. The monoisotopic (exact) mass is 253 g/mol. The van der Waals surface area contributed by atoms with Crippen molar-refractivity contribution in [2.45, 2.75) is 37.6 Å². The van der Waals surface area contributed by atoms with Crippen LogP contribution in [0, 0.1) is 22.7 Å². The molecule has 2 rings (SSSR count). The van der Waals surface area contributed by atoms with Crippen molar-refractivity contribution in [3.63, 3.8) is 0 Å². The molecule has 0 bridgehead atoms. The lowest BCUT2D eigenvalue weighted by Crippen LogP contribution is -2.48. The average molecular weight is 253 g/mol. The molecule has 1 N–H and O–H groups in total. The highest BCUT2D eigenvalue weighted by Gasteiger charge is 2.33. The quantitative estimate of drug-likeness (QED) is 0.879. The Bertz CT molecular complexity index is 559. The Morgan fingerprint density at radius 2 is 1.95 bits per heavy atom. The average Bonchev–Trinajstić information content (AvgIpc) is 2.48. The second-order valence-electron chi connectivity index (χ2n) is 4.90. The number of amides is 1. The maximum absolute atomic E-state index is 12.2. The van der Waals surface area contributed by atoms with Gasteiger partial charge in [-0.15, -0.1) is 0 Å². The van der Waals surface area contributed by atoms with Crippen molar-refractivity contribution in [1.29, 1.82) is 10.5 Å². The molecule has 0 saturated heterocycles. The van der Waals surface area contributed by atoms with Crippen LogP contribution in [0.4, 0.5) is 0 Å². The van der Waals surface area contributed by atoms with Gasteiger partial charge in [-0.3, -0.25) is 4.79 Å². The molecule has 0 aliphatic heterocycles. The molecule has 0 heterocycles. The first kappa shape index (κ1) is 13.1. The van der Waals surface area contributed by atoms with Crippen molar-refractivity contribution in [3.8, 4) is 12.1 Å². The van der Waals surface area contributed by atoms with Gasteiger partial charge in [0.2, 0.25) is 0 Å². The van der Waals surface area contributed by atoms with Crippen LogP contribution < -0.4 is 5.32 Å². The Morgan fingerprint density at radius 1 is 1.21 bits per heavy atom. The minimum absolute atomic E-state index is 0.277. The van der Waals surface area contributed by atoms with E-state index in [1.807, 2.05) is 6.07 Å². The van der Waals surface area contributed by atoms with E-state index in [2.05, 4.69) is 11.4 Å². The fourth-order valence-electron chi connectivity index (χ4n) is 2.44. The lowest BCUT2D eigenvalue weighted by atomic mass is 9.82. The fraction of sp³-hybridized carbons (Fsp3) is 0.400. The number of nitriles is 2. The third kappa shape index (κ3) is 2.92. The number of benzene rings is 1. The van der Waals surface area contributed by atoms with Crippen molar-refractivity contribution < 1.29 is 4.79 Å². The fourth-order valence-corrected chi connectivity index (χ4v) is 2.44. The summed E-state index contributed by atoms with van der Waals surface area (Å²) < 4.78 is 0. The van der Waals surface area contributed by atoms with Gasteiger partial charge in [0.15, 0.2) is 0 Å². The van der Waals surface area contributed by atoms with E-state index in [-0.39, 0.29) is 5.91 Å². The van der Waals surface area contributed by atoms with Crippen molar-refractivity contribution >= 4 is 5.91 Å². The van der Waals surface area contributed by atoms with Crippen LogP contribution in [0.15, 0.2) is 24.3 Å². The molecule has 1 aromatic carbocycles. The van der Waals surface area contributed by atoms with E-state index in [4.69, 9.17) is 5.26 Å². The molecule has 0 radical (unpaired) electrons. The van der Waals surface area contributed by atoms with E-state index < -0.39 is 5.54 Å². The minimum Gasteiger partial charge on any atom is -0.334 e. The van der Waals surface area contributed by atoms with Gasteiger partial charge < -0.3 is 5.32 Å². The molecule has 0 unspecified atom stereocenters. The Labute approximate surface area is 112 Å². The number of carbonyl (C=O) groups excluding carboxylic acids is 1. The molecule has 0 aromatic heterocycles. The summed E-state index contributed by atoms with van der Waals surface area (Å²) in [6, 6.07) is 10.8. The van der Waals surface area contributed by atoms with Crippen molar-refractivity contribution in [2.24, 2.45) is 0 Å². The summed E-state index contributed by atoms with van der Waals surface area (Å²) >= 11 is 0. The van der Waals surface area contributed by atoms with Gasteiger partial charge in [0.1, 0.15) is 5.54 Å². The van der Waals surface area contributed by atoms with Crippen LogP contribution in [-0.2, 0) is 0 Å². The highest BCUT2D eigenvalue weighted by Crippen LogP contribution is 2.27. The highest BCUT2D eigenvalue weighted by atomic mass is 16.1. The number of hydrogen-bond acceptors (Lipinski definition) is 3. The van der Waals surface area contributed by atoms with Gasteiger partial charge >= 0.3 is 0 Å². The number of nitrogens with one attached hydrogen (secondary N) is 1. The molecule has 96 valence electrons. The first-order chi connectivity index (χ1) is 9.19. The van der Waals surface area contributed by atoms with Crippen LogP contribution >= 0.6 is 0 Å². The van der Waals surface area contributed by atoms with E-state index in [1.54, 1.807) is 24.3 Å². The Kier molecular flexibility index (Phi) is 3.82. The number of carbonyl (C=O) groups is 1. The zero-order valence-electron chi connectivity index (χ0n) is 10.6. The lowest BCUT2D eigenvalue weighted by molar-refractivity contribution is 0.0902. The topological polar surface area (TPSA) is 76.7 Å². The Morgan fingerprint density at radius 3 is 2.58 bits per heavy atom. The molecule has 1 aromatic rings. The molecular formula is C15H15N3O. The summed E-state index contributed by atoms with van der Waals surface area (Å²) in [5, 5.41) is 21.0. The molecule has 1 fully saturated rings. The number of rotatable bonds is 2. The molecule has 1 saturated carbocycles. The number of nitrogens with zero attached hydrogens (tertiary/aromatic N) is 2. The molecular weight excluding hydrogens is 238 g/mol. The van der Waals surface area contributed by atoms with Crippen molar-refractivity contribution in [1.82, 2.24) is 5.32 Å². The van der Waals surface area contributed by atoms with Gasteiger partial charge in [-0.05, 0) is 31.0 Å². The largest absolute Gasteiger partial charge is 0.334 e. The second-order valence-corrected chi connectivity index (χ2v) is 4.90. The van der Waals surface area contributed by atoms with Gasteiger partial charge in [0.05, 0.1) is 17.7 Å². The SMILES string of the molecule is N#Cc1cccc(C(=O)NC2(C#N)CCCCC2)c1. The van der Waals surface area contributed by atoms with Crippen LogP contribution in [0.3, 0.4) is 0 Å². The van der Waals surface area contributed by atoms with E-state index >= 15 is 0 Å². The zero-order chi connectivity index (χ0) is 13.7. The van der Waals surface area contributed by atoms with Crippen LogP contribution in [0.25, 0.3) is 0 Å². The van der Waals surface area contributed by atoms with Gasteiger partial charge in [-0.25, -0.2) is 0 Å². The Hall–Kier alpha value is -2.33. The summed E-state index contributed by atoms with van der Waals surface area (Å²) in [6.07, 6.45) is 4.45. The van der Waals surface area contributed by atoms with E-state index in [0.717, 1.165) is 19.3 Å². The smallest absolute Gasteiger partial charge is 0.252 e. The summed E-state index contributed by atoms with van der Waals surface area (Å²) in [5.74, 6) is -0.277. The maximum atomic E-state index is 12.2. The van der Waals surface area contributed by atoms with E-state index in [1.165, 1.54) is 0 Å². The van der Waals surface area contributed by atoms with Gasteiger partial charge in [-0.2, -0.15) is 10.5 Å². The molecule has 0 atom stereocenters. The van der Waals surface area contributed by atoms with Gasteiger partial charge in [0, 0.05) is 5.56 Å². The standard InChI is InChI=1S/C15H15N3O/c16-10-12-5-4-6-13(9-12)14(19)18-15(11-17)7-2-1-3-8-15/h4-6,9H,1-3,7-8H2,(H,18,19). The maximum Gasteiger partial charge on any atom is 0.252 e. The minimum atomic E-state index is -0.738. The predicted molar refractivity (Wildman–Crippen MR) is 70.1 cm³/mol. The normalized spacial score (nSPS) is 16.9. The molecule has 0 spiro atoms. The molecule has 19 heavy (non-hydrogen) atoms. The zero-order valence-corrected chi connectivity index (χ0v) is 10.6. The molecule has 1 aliphatic rings. The van der Waals surface area contributed by atoms with Gasteiger partial charge in [-0.1, -0.05) is 25.3 Å². The predicted octanol–water partition coefficient (Wildman–Crippen LogP) is 2.51. The lowest BCUT2D eigenvalue weighted by Gasteiger charge is -2.31. The van der Waals surface area contributed by atoms with Crippen molar-refractivity contribution in [3.05, 3.63) is 35.4 Å². The van der Waals surface area contributed by atoms with E-state index in [0.29, 0.717) is 24.0 Å². The summed E-state index contributed by atoms with van der Waals surface area (Å²) in [6.45, 7) is 0. The van der Waals surface area contributed by atoms with Crippen LogP contribution in [0.2, 0.25) is 0 Å². The summed E-state index contributed by atoms with van der Waals surface area (Å²) in [4.78, 5) is 12.2. The highest BCUT2D eigenvalue weighted by molar-refractivity contribution is 5.95. The van der Waals surface area contributed by atoms with Crippen LogP contribution in [0.5, 0.6) is 0 Å². The first-order valence-electron chi connectivity index (χ1n) is 6.43. The van der Waals surface area contributed by atoms with Crippen molar-refractivity contribution in [2.75, 3.05) is 0 Å². The summed E-state index contributed by atoms with van der Waals surface area (Å²) in [5.41, 5.74) is 0.138. The second kappa shape index (κ2) is 5.54. The molecule has 4 nitrogen and oxygen atoms in total. The van der Waals surface area contributed by atoms with E-state index in [9.17, 15) is 10.1 Å². The number of hydrogen-bond donors (Lipinski definition) is 1. The van der Waals surface area contributed by atoms with Crippen LogP contribution in [-0.4, -0.2) is 11.4 Å². The Balaban J connectivity index is 2.16. The van der Waals surface area contributed by atoms with Crippen LogP contribution in [0.1, 0.15) is 48.0 Å². The summed E-state index contributed by atoms with van der Waals surface area (Å²) in [7, 11) is 0. The molecule has 1 amide bonds. The third-order valence-electron chi connectivity index (χ3n) is 3.53. The molecule has 4 heteroatoms. The first-order valence-corrected chi connectivity index (χ1v) is 6.43.